The highest BCUT2D eigenvalue weighted by atomic mass is 16.2. The van der Waals surface area contributed by atoms with Crippen molar-refractivity contribution in [1.29, 1.82) is 5.41 Å². The van der Waals surface area contributed by atoms with E-state index in [1.165, 1.54) is 9.80 Å². The van der Waals surface area contributed by atoms with Gasteiger partial charge in [0.25, 0.3) is 0 Å². The molecule has 5 heteroatoms. The molecule has 92 valence electrons. The van der Waals surface area contributed by atoms with Gasteiger partial charge >= 0.3 is 6.03 Å². The molecule has 0 spiro atoms. The third kappa shape index (κ3) is 2.55. The van der Waals surface area contributed by atoms with Crippen LogP contribution >= 0.6 is 0 Å². The number of guanidine groups is 1. The molecule has 0 aliphatic rings. The average Bonchev–Trinajstić information content (AvgIpc) is 2.22. The van der Waals surface area contributed by atoms with Gasteiger partial charge in [-0.1, -0.05) is 18.2 Å². The highest BCUT2D eigenvalue weighted by molar-refractivity contribution is 6.14. The molecule has 0 atom stereocenters. The summed E-state index contributed by atoms with van der Waals surface area (Å²) in [4.78, 5) is 14.6. The second-order valence-corrected chi connectivity index (χ2v) is 4.14. The molecule has 1 aromatic rings. The first-order valence-electron chi connectivity index (χ1n) is 5.28. The summed E-state index contributed by atoms with van der Waals surface area (Å²) >= 11 is 0. The molecule has 0 aliphatic heterocycles. The van der Waals surface area contributed by atoms with Crippen LogP contribution in [0.25, 0.3) is 0 Å². The number of carbonyl (C=O) groups is 1. The van der Waals surface area contributed by atoms with Crippen LogP contribution in [0.4, 0.5) is 10.5 Å². The lowest BCUT2D eigenvalue weighted by Gasteiger charge is -2.27. The number of rotatable bonds is 1. The number of benzene rings is 1. The Balaban J connectivity index is 3.34. The lowest BCUT2D eigenvalue weighted by atomic mass is 10.1. The van der Waals surface area contributed by atoms with E-state index in [1.54, 1.807) is 14.1 Å². The molecule has 0 fully saturated rings. The van der Waals surface area contributed by atoms with Crippen molar-refractivity contribution in [3.63, 3.8) is 0 Å². The molecular weight excluding hydrogens is 216 g/mol. The SMILES string of the molecule is Cc1cccc(C)c1N(C(=N)N)C(=O)N(C)C. The minimum atomic E-state index is -0.324. The van der Waals surface area contributed by atoms with Gasteiger partial charge in [0.05, 0.1) is 5.69 Å². The standard InChI is InChI=1S/C12H18N4O/c1-8-6-5-7-9(2)10(8)16(11(13)14)12(17)15(3)4/h5-7H,1-4H3,(H3,13,14). The summed E-state index contributed by atoms with van der Waals surface area (Å²) in [6.07, 6.45) is 0. The van der Waals surface area contributed by atoms with Crippen LogP contribution in [-0.4, -0.2) is 31.0 Å². The van der Waals surface area contributed by atoms with E-state index in [-0.39, 0.29) is 12.0 Å². The van der Waals surface area contributed by atoms with Gasteiger partial charge in [-0.05, 0) is 25.0 Å². The smallest absolute Gasteiger partial charge is 0.330 e. The number of carbonyl (C=O) groups excluding carboxylic acids is 1. The number of urea groups is 1. The molecule has 5 nitrogen and oxygen atoms in total. The van der Waals surface area contributed by atoms with Crippen LogP contribution in [0.1, 0.15) is 11.1 Å². The molecule has 0 saturated heterocycles. The van der Waals surface area contributed by atoms with Crippen molar-refractivity contribution in [2.24, 2.45) is 5.73 Å². The Kier molecular flexibility index (Phi) is 3.73. The Hall–Kier alpha value is -2.04. The van der Waals surface area contributed by atoms with E-state index in [1.807, 2.05) is 32.0 Å². The number of aryl methyl sites for hydroxylation is 2. The van der Waals surface area contributed by atoms with E-state index in [0.717, 1.165) is 11.1 Å². The minimum absolute atomic E-state index is 0.277. The summed E-state index contributed by atoms with van der Waals surface area (Å²) in [5.74, 6) is -0.277. The van der Waals surface area contributed by atoms with E-state index in [9.17, 15) is 4.79 Å². The molecule has 0 unspecified atom stereocenters. The van der Waals surface area contributed by atoms with Gasteiger partial charge in [-0.15, -0.1) is 0 Å². The zero-order chi connectivity index (χ0) is 13.2. The summed E-state index contributed by atoms with van der Waals surface area (Å²) < 4.78 is 0. The van der Waals surface area contributed by atoms with Crippen molar-refractivity contribution in [2.75, 3.05) is 19.0 Å². The third-order valence-electron chi connectivity index (χ3n) is 2.48. The summed E-state index contributed by atoms with van der Waals surface area (Å²) in [7, 11) is 3.26. The summed E-state index contributed by atoms with van der Waals surface area (Å²) in [5.41, 5.74) is 8.01. The highest BCUT2D eigenvalue weighted by Gasteiger charge is 2.23. The number of nitrogens with one attached hydrogen (secondary N) is 1. The zero-order valence-corrected chi connectivity index (χ0v) is 10.6. The van der Waals surface area contributed by atoms with Gasteiger partial charge < -0.3 is 10.6 Å². The topological polar surface area (TPSA) is 73.4 Å². The van der Waals surface area contributed by atoms with Gasteiger partial charge in [0.1, 0.15) is 0 Å². The lowest BCUT2D eigenvalue weighted by molar-refractivity contribution is 0.227. The van der Waals surface area contributed by atoms with Crippen molar-refractivity contribution >= 4 is 17.7 Å². The number of amides is 2. The summed E-state index contributed by atoms with van der Waals surface area (Å²) in [6, 6.07) is 5.37. The first kappa shape index (κ1) is 13.0. The molecular formula is C12H18N4O. The van der Waals surface area contributed by atoms with Gasteiger partial charge in [-0.3, -0.25) is 5.41 Å². The number of nitrogens with two attached hydrogens (primary N) is 1. The first-order valence-corrected chi connectivity index (χ1v) is 5.28. The summed E-state index contributed by atoms with van der Waals surface area (Å²) in [6.45, 7) is 3.78. The van der Waals surface area contributed by atoms with Gasteiger partial charge in [0.2, 0.25) is 5.96 Å². The fourth-order valence-corrected chi connectivity index (χ4v) is 1.68. The number of anilines is 1. The Morgan fingerprint density at radius 1 is 1.24 bits per heavy atom. The van der Waals surface area contributed by atoms with E-state index < -0.39 is 0 Å². The maximum absolute atomic E-state index is 12.0. The predicted octanol–water partition coefficient (Wildman–Crippen LogP) is 1.68. The van der Waals surface area contributed by atoms with E-state index in [4.69, 9.17) is 11.1 Å². The molecule has 0 aromatic heterocycles. The average molecular weight is 234 g/mol. The molecule has 2 amide bonds. The van der Waals surface area contributed by atoms with Crippen molar-refractivity contribution in [1.82, 2.24) is 4.90 Å². The second-order valence-electron chi connectivity index (χ2n) is 4.14. The second kappa shape index (κ2) is 4.86. The Bertz CT molecular complexity index is 434. The van der Waals surface area contributed by atoms with E-state index >= 15 is 0 Å². The molecule has 0 heterocycles. The fraction of sp³-hybridized carbons (Fsp3) is 0.333. The van der Waals surface area contributed by atoms with E-state index in [0.29, 0.717) is 5.69 Å². The normalized spacial score (nSPS) is 9.88. The van der Waals surface area contributed by atoms with Gasteiger partial charge in [-0.25, -0.2) is 9.69 Å². The van der Waals surface area contributed by atoms with Crippen molar-refractivity contribution in [3.05, 3.63) is 29.3 Å². The Morgan fingerprint density at radius 3 is 2.06 bits per heavy atom. The van der Waals surface area contributed by atoms with Crippen LogP contribution in [0.2, 0.25) is 0 Å². The first-order chi connectivity index (χ1) is 7.86. The molecule has 0 aliphatic carbocycles. The highest BCUT2D eigenvalue weighted by Crippen LogP contribution is 2.24. The predicted molar refractivity (Wildman–Crippen MR) is 69.4 cm³/mol. The molecule has 17 heavy (non-hydrogen) atoms. The lowest BCUT2D eigenvalue weighted by Crippen LogP contribution is -2.47. The van der Waals surface area contributed by atoms with Gasteiger partial charge in [0.15, 0.2) is 0 Å². The van der Waals surface area contributed by atoms with Crippen LogP contribution in [0.15, 0.2) is 18.2 Å². The molecule has 0 saturated carbocycles. The number of para-hydroxylation sites is 1. The van der Waals surface area contributed by atoms with Crippen LogP contribution in [0.5, 0.6) is 0 Å². The van der Waals surface area contributed by atoms with Gasteiger partial charge in [0, 0.05) is 14.1 Å². The quantitative estimate of drug-likeness (QED) is 0.573. The maximum Gasteiger partial charge on any atom is 0.330 e. The minimum Gasteiger partial charge on any atom is -0.369 e. The van der Waals surface area contributed by atoms with Crippen LogP contribution in [0, 0.1) is 19.3 Å². The van der Waals surface area contributed by atoms with Crippen molar-refractivity contribution < 1.29 is 4.79 Å². The van der Waals surface area contributed by atoms with Crippen molar-refractivity contribution in [3.8, 4) is 0 Å². The Morgan fingerprint density at radius 2 is 1.71 bits per heavy atom. The summed E-state index contributed by atoms with van der Waals surface area (Å²) in [5, 5.41) is 7.56. The number of nitrogens with zero attached hydrogens (tertiary/aromatic N) is 2. The maximum atomic E-state index is 12.0. The molecule has 3 N–H and O–H groups in total. The largest absolute Gasteiger partial charge is 0.369 e. The monoisotopic (exact) mass is 234 g/mol. The van der Waals surface area contributed by atoms with Crippen molar-refractivity contribution in [2.45, 2.75) is 13.8 Å². The van der Waals surface area contributed by atoms with Crippen LogP contribution in [-0.2, 0) is 0 Å². The van der Waals surface area contributed by atoms with Gasteiger partial charge in [-0.2, -0.15) is 0 Å². The molecule has 1 rings (SSSR count). The third-order valence-corrected chi connectivity index (χ3v) is 2.48. The fourth-order valence-electron chi connectivity index (χ4n) is 1.68. The molecule has 0 bridgehead atoms. The number of hydrogen-bond acceptors (Lipinski definition) is 2. The molecule has 0 radical (unpaired) electrons. The van der Waals surface area contributed by atoms with E-state index in [2.05, 4.69) is 0 Å². The van der Waals surface area contributed by atoms with Crippen LogP contribution < -0.4 is 10.6 Å². The molecule has 1 aromatic carbocycles. The Labute approximate surface area is 101 Å². The zero-order valence-electron chi connectivity index (χ0n) is 10.6. The number of hydrogen-bond donors (Lipinski definition) is 2. The van der Waals surface area contributed by atoms with Crippen LogP contribution in [0.3, 0.4) is 0 Å².